The monoisotopic (exact) mass is 584 g/mol. The first kappa shape index (κ1) is 28.3. The molecular weight excluding hydrogens is 558 g/mol. The van der Waals surface area contributed by atoms with E-state index in [9.17, 15) is 23.2 Å². The Morgan fingerprint density at radius 1 is 1.15 bits per heavy atom. The van der Waals surface area contributed by atoms with Crippen molar-refractivity contribution in [2.24, 2.45) is 5.92 Å². The van der Waals surface area contributed by atoms with E-state index in [-0.39, 0.29) is 35.4 Å². The number of carbonyl (C=O) groups is 3. The number of carboxylic acid groups (broad SMARTS) is 1. The lowest BCUT2D eigenvalue weighted by Crippen LogP contribution is -2.42. The minimum Gasteiger partial charge on any atom is -0.465 e. The van der Waals surface area contributed by atoms with Gasteiger partial charge in [-0.05, 0) is 54.8 Å². The Morgan fingerprint density at radius 3 is 2.71 bits per heavy atom. The van der Waals surface area contributed by atoms with Crippen molar-refractivity contribution in [3.63, 3.8) is 0 Å². The fraction of sp³-hybridized carbons (Fsp3) is 0.310. The van der Waals surface area contributed by atoms with Crippen LogP contribution in [0.2, 0.25) is 5.02 Å². The Kier molecular flexibility index (Phi) is 8.07. The summed E-state index contributed by atoms with van der Waals surface area (Å²) in [6, 6.07) is 10.0. The maximum atomic E-state index is 14.6. The number of rotatable bonds is 3. The van der Waals surface area contributed by atoms with Gasteiger partial charge in [0, 0.05) is 36.3 Å². The van der Waals surface area contributed by atoms with E-state index in [1.807, 2.05) is 0 Å². The predicted molar refractivity (Wildman–Crippen MR) is 148 cm³/mol. The number of amides is 3. The molecule has 0 unspecified atom stereocenters. The van der Waals surface area contributed by atoms with Crippen molar-refractivity contribution in [1.82, 2.24) is 9.88 Å². The van der Waals surface area contributed by atoms with Crippen molar-refractivity contribution in [2.45, 2.75) is 44.8 Å². The molecule has 3 heterocycles. The highest BCUT2D eigenvalue weighted by Gasteiger charge is 2.37. The predicted octanol–water partition coefficient (Wildman–Crippen LogP) is 7.15. The van der Waals surface area contributed by atoms with Gasteiger partial charge in [-0.15, -0.1) is 0 Å². The highest BCUT2D eigenvalue weighted by atomic mass is 35.5. The van der Waals surface area contributed by atoms with Crippen LogP contribution in [-0.4, -0.2) is 39.6 Å². The number of aromatic nitrogens is 1. The number of anilines is 2. The molecule has 2 aliphatic rings. The number of fused-ring (bicyclic) bond motifs is 4. The van der Waals surface area contributed by atoms with Crippen molar-refractivity contribution in [3.8, 4) is 11.1 Å². The average Bonchev–Trinajstić information content (AvgIpc) is 2.93. The quantitative estimate of drug-likeness (QED) is 0.281. The summed E-state index contributed by atoms with van der Waals surface area (Å²) in [5.74, 6) is -2.40. The Labute approximate surface area is 239 Å². The highest BCUT2D eigenvalue weighted by Crippen LogP contribution is 2.39. The number of benzene rings is 2. The number of pyridine rings is 1. The summed E-state index contributed by atoms with van der Waals surface area (Å²) >= 11 is 5.85. The molecule has 1 saturated heterocycles. The molecular formula is C29H27ClF2N4O5. The number of nitrogens with zero attached hydrogens (tertiary/aromatic N) is 2. The van der Waals surface area contributed by atoms with Crippen LogP contribution in [0.4, 0.5) is 29.7 Å². The maximum absolute atomic E-state index is 14.6. The van der Waals surface area contributed by atoms with Gasteiger partial charge in [-0.2, -0.15) is 0 Å². The van der Waals surface area contributed by atoms with E-state index in [4.69, 9.17) is 21.4 Å². The van der Waals surface area contributed by atoms with Gasteiger partial charge in [0.05, 0.1) is 28.0 Å². The number of hydrogen-bond donors (Lipinski definition) is 3. The molecule has 2 aliphatic heterocycles. The second-order valence-corrected chi connectivity index (χ2v) is 10.5. The molecule has 5 rings (SSSR count). The zero-order valence-corrected chi connectivity index (χ0v) is 22.8. The van der Waals surface area contributed by atoms with Gasteiger partial charge in [0.25, 0.3) is 0 Å². The van der Waals surface area contributed by atoms with E-state index in [1.165, 1.54) is 4.90 Å². The van der Waals surface area contributed by atoms with Crippen LogP contribution >= 0.6 is 11.6 Å². The van der Waals surface area contributed by atoms with E-state index in [2.05, 4.69) is 15.6 Å². The van der Waals surface area contributed by atoms with Gasteiger partial charge in [0.15, 0.2) is 5.82 Å². The van der Waals surface area contributed by atoms with E-state index in [1.54, 1.807) is 43.5 Å². The number of halogens is 3. The van der Waals surface area contributed by atoms with Crippen LogP contribution in [0.25, 0.3) is 11.1 Å². The third-order valence-electron chi connectivity index (χ3n) is 7.41. The molecule has 41 heavy (non-hydrogen) atoms. The SMILES string of the molecule is C[C@@H]1CCC[C@H](N2CC[C@H](c3c(F)ccc(Cl)c3F)OC2=O)c2cc(ccn2)-c2ccc(NC(=O)O)cc2NC1=O. The summed E-state index contributed by atoms with van der Waals surface area (Å²) in [6.45, 7) is 1.95. The number of carbonyl (C=O) groups excluding carboxylic acids is 2. The van der Waals surface area contributed by atoms with Gasteiger partial charge in [-0.25, -0.2) is 18.4 Å². The van der Waals surface area contributed by atoms with Crippen LogP contribution in [-0.2, 0) is 9.53 Å². The number of hydrogen-bond acceptors (Lipinski definition) is 5. The van der Waals surface area contributed by atoms with Gasteiger partial charge in [-0.3, -0.25) is 20.0 Å². The molecule has 214 valence electrons. The first-order chi connectivity index (χ1) is 19.6. The van der Waals surface area contributed by atoms with Gasteiger partial charge in [0.1, 0.15) is 11.9 Å². The third kappa shape index (κ3) is 5.95. The van der Waals surface area contributed by atoms with E-state index in [0.29, 0.717) is 47.5 Å². The molecule has 2 aromatic carbocycles. The second kappa shape index (κ2) is 11.7. The van der Waals surface area contributed by atoms with Gasteiger partial charge in [0.2, 0.25) is 5.91 Å². The number of cyclic esters (lactones) is 1. The third-order valence-corrected chi connectivity index (χ3v) is 7.70. The van der Waals surface area contributed by atoms with E-state index < -0.39 is 36.0 Å². The summed E-state index contributed by atoms with van der Waals surface area (Å²) in [7, 11) is 0. The first-order valence-electron chi connectivity index (χ1n) is 13.1. The molecule has 3 aromatic rings. The fourth-order valence-electron chi connectivity index (χ4n) is 5.29. The normalized spacial score (nSPS) is 21.1. The Bertz CT molecular complexity index is 1520. The summed E-state index contributed by atoms with van der Waals surface area (Å²) in [6.07, 6.45) is 0.184. The van der Waals surface area contributed by atoms with Crippen molar-refractivity contribution in [1.29, 1.82) is 0 Å². The minimum atomic E-state index is -1.23. The lowest BCUT2D eigenvalue weighted by Gasteiger charge is -2.37. The molecule has 1 aromatic heterocycles. The molecule has 0 radical (unpaired) electrons. The largest absolute Gasteiger partial charge is 0.465 e. The highest BCUT2D eigenvalue weighted by molar-refractivity contribution is 6.30. The summed E-state index contributed by atoms with van der Waals surface area (Å²) < 4.78 is 34.7. The summed E-state index contributed by atoms with van der Waals surface area (Å²) in [4.78, 5) is 43.5. The zero-order valence-electron chi connectivity index (χ0n) is 22.0. The van der Waals surface area contributed by atoms with Crippen LogP contribution in [0.5, 0.6) is 0 Å². The van der Waals surface area contributed by atoms with Crippen molar-refractivity contribution < 1.29 is 33.0 Å². The van der Waals surface area contributed by atoms with Crippen molar-refractivity contribution >= 4 is 41.1 Å². The lowest BCUT2D eigenvalue weighted by molar-refractivity contribution is -0.119. The molecule has 0 saturated carbocycles. The first-order valence-corrected chi connectivity index (χ1v) is 13.5. The molecule has 9 nitrogen and oxygen atoms in total. The molecule has 12 heteroatoms. The lowest BCUT2D eigenvalue weighted by atomic mass is 9.94. The van der Waals surface area contributed by atoms with Crippen LogP contribution in [0, 0.1) is 17.6 Å². The Morgan fingerprint density at radius 2 is 1.95 bits per heavy atom. The maximum Gasteiger partial charge on any atom is 0.410 e. The van der Waals surface area contributed by atoms with Gasteiger partial charge < -0.3 is 15.2 Å². The van der Waals surface area contributed by atoms with E-state index >= 15 is 0 Å². The molecule has 3 atom stereocenters. The number of ether oxygens (including phenoxy) is 1. The van der Waals surface area contributed by atoms with Crippen LogP contribution in [0.3, 0.4) is 0 Å². The molecule has 2 bridgehead atoms. The average molecular weight is 585 g/mol. The van der Waals surface area contributed by atoms with Crippen molar-refractivity contribution in [3.05, 3.63) is 76.6 Å². The number of nitrogens with one attached hydrogen (secondary N) is 2. The van der Waals surface area contributed by atoms with Crippen molar-refractivity contribution in [2.75, 3.05) is 17.2 Å². The Hall–Kier alpha value is -4.25. The molecule has 0 aliphatic carbocycles. The van der Waals surface area contributed by atoms with Gasteiger partial charge in [-0.1, -0.05) is 31.0 Å². The van der Waals surface area contributed by atoms with Crippen LogP contribution < -0.4 is 10.6 Å². The zero-order chi connectivity index (χ0) is 29.3. The van der Waals surface area contributed by atoms with E-state index in [0.717, 1.165) is 12.1 Å². The van der Waals surface area contributed by atoms with Crippen LogP contribution in [0.1, 0.15) is 56.0 Å². The molecule has 0 spiro atoms. The standard InChI is InChI=1S/C29H27ClF2N4O5/c1-15-3-2-4-23(36-12-10-24(41-29(36)40)25-20(31)8-7-19(30)26(25)32)22-13-16(9-11-33-22)18-6-5-17(34-28(38)39)14-21(18)35-27(15)37/h5-9,11,13-15,23-24,34H,2-4,10,12H2,1H3,(H,35,37)(H,38,39)/t15-,23+,24-/m1/s1. The Balaban J connectivity index is 1.49. The minimum absolute atomic E-state index is 0.136. The molecule has 3 amide bonds. The molecule has 3 N–H and O–H groups in total. The second-order valence-electron chi connectivity index (χ2n) is 10.1. The topological polar surface area (TPSA) is 121 Å². The smallest absolute Gasteiger partial charge is 0.410 e. The summed E-state index contributed by atoms with van der Waals surface area (Å²) in [5, 5.41) is 14.1. The fourth-order valence-corrected chi connectivity index (χ4v) is 5.45. The van der Waals surface area contributed by atoms with Gasteiger partial charge >= 0.3 is 12.2 Å². The molecule has 1 fully saturated rings. The summed E-state index contributed by atoms with van der Waals surface area (Å²) in [5.41, 5.74) is 2.25. The van der Waals surface area contributed by atoms with Crippen LogP contribution in [0.15, 0.2) is 48.7 Å².